The number of nitrogens with zero attached hydrogens (tertiary/aromatic N) is 2. The van der Waals surface area contributed by atoms with Gasteiger partial charge in [0.25, 0.3) is 0 Å². The summed E-state index contributed by atoms with van der Waals surface area (Å²) in [5, 5.41) is 23.6. The highest BCUT2D eigenvalue weighted by molar-refractivity contribution is 8.03. The van der Waals surface area contributed by atoms with Crippen LogP contribution >= 0.6 is 11.8 Å². The summed E-state index contributed by atoms with van der Waals surface area (Å²) >= 11 is 1.66. The fourth-order valence-corrected chi connectivity index (χ4v) is 7.44. The van der Waals surface area contributed by atoms with Crippen LogP contribution in [0.1, 0.15) is 46.0 Å². The number of thioether (sulfide) groups is 1. The molecule has 4 rings (SSSR count). The third-order valence-electron chi connectivity index (χ3n) is 7.61. The number of amides is 1. The fraction of sp³-hybridized carbons (Fsp3) is 0.818. The number of carbonyl (C=O) groups is 2. The molecule has 168 valence electrons. The standard InChI is InChI=1S/C22H35N3O4S/c1-12-18-17(13(2)26)21(27)25(18)19(22(28)29)20(12)30-16-8-9-24(11-16)10-14-4-6-15(23-3)7-5-14/h12-18,23,26H,4-11H2,1-3H3,(H,28,29)/t12-,13-,14-,15-,16-,17-,18-/m1/s1. The van der Waals surface area contributed by atoms with Crippen LogP contribution in [0.3, 0.4) is 0 Å². The molecule has 0 spiro atoms. The van der Waals surface area contributed by atoms with Crippen molar-refractivity contribution in [2.75, 3.05) is 26.7 Å². The Hall–Kier alpha value is -1.09. The third kappa shape index (κ3) is 3.92. The summed E-state index contributed by atoms with van der Waals surface area (Å²) in [6, 6.07) is 0.456. The predicted octanol–water partition coefficient (Wildman–Crippen LogP) is 1.73. The first kappa shape index (κ1) is 22.1. The Bertz CT molecular complexity index is 719. The molecule has 4 aliphatic rings. The number of carboxylic acid groups (broad SMARTS) is 1. The highest BCUT2D eigenvalue weighted by atomic mass is 32.2. The molecule has 1 saturated carbocycles. The van der Waals surface area contributed by atoms with Crippen molar-refractivity contribution in [3.8, 4) is 0 Å². The molecule has 0 aromatic heterocycles. The van der Waals surface area contributed by atoms with Crippen molar-refractivity contribution in [3.63, 3.8) is 0 Å². The van der Waals surface area contributed by atoms with Crippen molar-refractivity contribution >= 4 is 23.6 Å². The smallest absolute Gasteiger partial charge is 0.353 e. The number of hydrogen-bond donors (Lipinski definition) is 3. The Kier molecular flexibility index (Phi) is 6.49. The predicted molar refractivity (Wildman–Crippen MR) is 117 cm³/mol. The van der Waals surface area contributed by atoms with Gasteiger partial charge in [0.2, 0.25) is 5.91 Å². The number of β-lactam (4-membered cyclic amide) rings is 1. The summed E-state index contributed by atoms with van der Waals surface area (Å²) in [6.07, 6.45) is 5.39. The first-order valence-electron chi connectivity index (χ1n) is 11.4. The van der Waals surface area contributed by atoms with E-state index >= 15 is 0 Å². The average Bonchev–Trinajstić information content (AvgIpc) is 3.23. The van der Waals surface area contributed by atoms with Crippen LogP contribution in [-0.4, -0.2) is 82.0 Å². The summed E-state index contributed by atoms with van der Waals surface area (Å²) in [5.74, 6) is -1.03. The number of rotatable bonds is 7. The molecule has 8 heteroatoms. The molecule has 0 bridgehead atoms. The van der Waals surface area contributed by atoms with Gasteiger partial charge in [0.15, 0.2) is 0 Å². The maximum absolute atomic E-state index is 12.5. The van der Waals surface area contributed by atoms with Crippen LogP contribution in [0.5, 0.6) is 0 Å². The SMILES string of the molecule is CN[C@H]1CC[C@H](CN2CC[C@@H](SC3=C(C(=O)O)N4C(=O)[C@H]([C@@H](C)O)[C@H]4[C@H]3C)C2)CC1. The van der Waals surface area contributed by atoms with Gasteiger partial charge in [-0.1, -0.05) is 6.92 Å². The van der Waals surface area contributed by atoms with Crippen LogP contribution in [0.15, 0.2) is 10.6 Å². The van der Waals surface area contributed by atoms with Crippen LogP contribution < -0.4 is 5.32 Å². The zero-order valence-corrected chi connectivity index (χ0v) is 19.0. The lowest BCUT2D eigenvalue weighted by atomic mass is 9.79. The number of carboxylic acids is 1. The Morgan fingerprint density at radius 2 is 1.97 bits per heavy atom. The fourth-order valence-electron chi connectivity index (χ4n) is 5.92. The van der Waals surface area contributed by atoms with Crippen molar-refractivity contribution in [2.24, 2.45) is 17.8 Å². The third-order valence-corrected chi connectivity index (χ3v) is 9.14. The van der Waals surface area contributed by atoms with E-state index in [0.29, 0.717) is 11.3 Å². The molecule has 2 saturated heterocycles. The highest BCUT2D eigenvalue weighted by Crippen LogP contribution is 2.52. The van der Waals surface area contributed by atoms with Crippen molar-refractivity contribution in [3.05, 3.63) is 10.6 Å². The molecule has 0 aromatic carbocycles. The second-order valence-corrected chi connectivity index (χ2v) is 10.9. The molecule has 3 fully saturated rings. The van der Waals surface area contributed by atoms with E-state index in [-0.39, 0.29) is 23.6 Å². The van der Waals surface area contributed by atoms with E-state index in [4.69, 9.17) is 0 Å². The quantitative estimate of drug-likeness (QED) is 0.522. The van der Waals surface area contributed by atoms with Crippen molar-refractivity contribution in [2.45, 2.75) is 69.4 Å². The summed E-state index contributed by atoms with van der Waals surface area (Å²) in [7, 11) is 2.05. The number of fused-ring (bicyclic) bond motifs is 1. The maximum atomic E-state index is 12.5. The van der Waals surface area contributed by atoms with Gasteiger partial charge in [0.05, 0.1) is 18.1 Å². The number of hydrogen-bond acceptors (Lipinski definition) is 6. The number of aliphatic hydroxyl groups excluding tert-OH is 1. The molecule has 3 N–H and O–H groups in total. The summed E-state index contributed by atoms with van der Waals surface area (Å²) in [4.78, 5) is 29.3. The molecule has 3 aliphatic heterocycles. The van der Waals surface area contributed by atoms with E-state index in [9.17, 15) is 19.8 Å². The molecule has 7 nitrogen and oxygen atoms in total. The zero-order chi connectivity index (χ0) is 21.6. The second-order valence-electron chi connectivity index (χ2n) is 9.57. The minimum absolute atomic E-state index is 0.0377. The van der Waals surface area contributed by atoms with E-state index in [1.54, 1.807) is 18.7 Å². The van der Waals surface area contributed by atoms with Gasteiger partial charge in [0, 0.05) is 35.2 Å². The lowest BCUT2D eigenvalue weighted by Gasteiger charge is -2.46. The van der Waals surface area contributed by atoms with Gasteiger partial charge in [-0.2, -0.15) is 0 Å². The average molecular weight is 438 g/mol. The van der Waals surface area contributed by atoms with Crippen LogP contribution in [-0.2, 0) is 9.59 Å². The van der Waals surface area contributed by atoms with Crippen LogP contribution in [0.4, 0.5) is 0 Å². The summed E-state index contributed by atoms with van der Waals surface area (Å²) < 4.78 is 0. The Morgan fingerprint density at radius 1 is 1.27 bits per heavy atom. The maximum Gasteiger partial charge on any atom is 0.353 e. The van der Waals surface area contributed by atoms with Gasteiger partial charge in [-0.25, -0.2) is 4.79 Å². The normalized spacial score (nSPS) is 38.0. The topological polar surface area (TPSA) is 93.1 Å². The van der Waals surface area contributed by atoms with E-state index in [1.165, 1.54) is 30.6 Å². The molecule has 5 atom stereocenters. The first-order chi connectivity index (χ1) is 14.3. The molecule has 0 unspecified atom stereocenters. The molecule has 3 heterocycles. The van der Waals surface area contributed by atoms with Crippen LogP contribution in [0.25, 0.3) is 0 Å². The lowest BCUT2D eigenvalue weighted by molar-refractivity contribution is -0.163. The highest BCUT2D eigenvalue weighted by Gasteiger charge is 2.60. The largest absolute Gasteiger partial charge is 0.477 e. The minimum Gasteiger partial charge on any atom is -0.477 e. The number of likely N-dealkylation sites (tertiary alicyclic amines) is 1. The van der Waals surface area contributed by atoms with Gasteiger partial charge in [-0.15, -0.1) is 11.8 Å². The van der Waals surface area contributed by atoms with Crippen LogP contribution in [0, 0.1) is 17.8 Å². The monoisotopic (exact) mass is 437 g/mol. The van der Waals surface area contributed by atoms with Gasteiger partial charge in [-0.05, 0) is 58.5 Å². The van der Waals surface area contributed by atoms with Gasteiger partial charge >= 0.3 is 5.97 Å². The van der Waals surface area contributed by atoms with E-state index in [2.05, 4.69) is 17.3 Å². The molecule has 0 radical (unpaired) electrons. The molecule has 1 amide bonds. The van der Waals surface area contributed by atoms with Crippen molar-refractivity contribution < 1.29 is 19.8 Å². The van der Waals surface area contributed by atoms with E-state index in [1.807, 2.05) is 6.92 Å². The number of carbonyl (C=O) groups excluding carboxylic acids is 1. The van der Waals surface area contributed by atoms with E-state index < -0.39 is 18.0 Å². The number of nitrogens with one attached hydrogen (secondary N) is 1. The molecule has 1 aliphatic carbocycles. The molecule has 30 heavy (non-hydrogen) atoms. The van der Waals surface area contributed by atoms with Gasteiger partial charge < -0.3 is 25.3 Å². The Labute approximate surface area is 183 Å². The molecular weight excluding hydrogens is 402 g/mol. The second kappa shape index (κ2) is 8.81. The van der Waals surface area contributed by atoms with Crippen molar-refractivity contribution in [1.82, 2.24) is 15.1 Å². The molecular formula is C22H35N3O4S. The Morgan fingerprint density at radius 3 is 2.57 bits per heavy atom. The van der Waals surface area contributed by atoms with Gasteiger partial charge in [0.1, 0.15) is 5.70 Å². The zero-order valence-electron chi connectivity index (χ0n) is 18.2. The number of aliphatic carboxylic acids is 1. The Balaban J connectivity index is 1.37. The van der Waals surface area contributed by atoms with Gasteiger partial charge in [-0.3, -0.25) is 4.79 Å². The van der Waals surface area contributed by atoms with Crippen LogP contribution in [0.2, 0.25) is 0 Å². The first-order valence-corrected chi connectivity index (χ1v) is 12.2. The summed E-state index contributed by atoms with van der Waals surface area (Å²) in [6.45, 7) is 6.82. The minimum atomic E-state index is -1.03. The molecule has 0 aromatic rings. The number of aliphatic hydroxyl groups is 1. The summed E-state index contributed by atoms with van der Waals surface area (Å²) in [5.41, 5.74) is 0.156. The lowest BCUT2D eigenvalue weighted by Crippen LogP contribution is -2.63. The van der Waals surface area contributed by atoms with Crippen molar-refractivity contribution in [1.29, 1.82) is 0 Å². The van der Waals surface area contributed by atoms with E-state index in [0.717, 1.165) is 36.9 Å².